The minimum absolute atomic E-state index is 0.241. The molecule has 0 amide bonds. The summed E-state index contributed by atoms with van der Waals surface area (Å²) < 4.78 is 2.03. The van der Waals surface area contributed by atoms with Gasteiger partial charge in [0.05, 0.1) is 6.61 Å². The van der Waals surface area contributed by atoms with Gasteiger partial charge in [-0.15, -0.1) is 0 Å². The van der Waals surface area contributed by atoms with Crippen LogP contribution < -0.4 is 0 Å². The molecule has 3 heteroatoms. The zero-order valence-electron chi connectivity index (χ0n) is 8.94. The van der Waals surface area contributed by atoms with Crippen LogP contribution in [0.3, 0.4) is 0 Å². The summed E-state index contributed by atoms with van der Waals surface area (Å²) in [4.78, 5) is 0. The average Bonchev–Trinajstić information content (AvgIpc) is 2.52. The lowest BCUT2D eigenvalue weighted by Gasteiger charge is -2.07. The second kappa shape index (κ2) is 3.68. The Morgan fingerprint density at radius 2 is 2.00 bits per heavy atom. The molecular formula is C12H15NO2. The number of aryl methyl sites for hydroxylation is 1. The third-order valence-corrected chi connectivity index (χ3v) is 2.95. The van der Waals surface area contributed by atoms with Crippen LogP contribution in [-0.4, -0.2) is 21.4 Å². The first-order valence-electron chi connectivity index (χ1n) is 4.99. The number of rotatable bonds is 2. The molecule has 1 aromatic heterocycles. The fourth-order valence-electron chi connectivity index (χ4n) is 2.06. The summed E-state index contributed by atoms with van der Waals surface area (Å²) in [5.41, 5.74) is 2.91. The Labute approximate surface area is 88.6 Å². The maximum atomic E-state index is 9.76. The molecule has 2 aromatic rings. The van der Waals surface area contributed by atoms with E-state index in [4.69, 9.17) is 5.11 Å². The minimum Gasteiger partial charge on any atom is -0.393 e. The number of fused-ring (bicyclic) bond motifs is 1. The summed E-state index contributed by atoms with van der Waals surface area (Å²) in [6.45, 7) is 1.71. The van der Waals surface area contributed by atoms with Crippen molar-refractivity contribution in [3.8, 4) is 0 Å². The van der Waals surface area contributed by atoms with Crippen molar-refractivity contribution in [2.75, 3.05) is 6.61 Å². The van der Waals surface area contributed by atoms with E-state index in [9.17, 15) is 5.11 Å². The SMILES string of the molecule is Cc1c(C(O)CO)c2ccccc2n1C. The van der Waals surface area contributed by atoms with Crippen LogP contribution in [0.2, 0.25) is 0 Å². The van der Waals surface area contributed by atoms with Gasteiger partial charge in [-0.3, -0.25) is 0 Å². The van der Waals surface area contributed by atoms with Gasteiger partial charge in [0, 0.05) is 29.2 Å². The van der Waals surface area contributed by atoms with Gasteiger partial charge in [0.1, 0.15) is 6.10 Å². The number of nitrogens with zero attached hydrogens (tertiary/aromatic N) is 1. The van der Waals surface area contributed by atoms with Crippen molar-refractivity contribution in [2.24, 2.45) is 7.05 Å². The summed E-state index contributed by atoms with van der Waals surface area (Å²) in [5, 5.41) is 19.8. The molecule has 2 N–H and O–H groups in total. The average molecular weight is 205 g/mol. The molecule has 0 spiro atoms. The van der Waals surface area contributed by atoms with Gasteiger partial charge in [0.15, 0.2) is 0 Å². The van der Waals surface area contributed by atoms with Crippen molar-refractivity contribution < 1.29 is 10.2 Å². The predicted molar refractivity (Wildman–Crippen MR) is 59.7 cm³/mol. The number of para-hydroxylation sites is 1. The Kier molecular flexibility index (Phi) is 2.50. The summed E-state index contributed by atoms with van der Waals surface area (Å²) in [5.74, 6) is 0. The van der Waals surface area contributed by atoms with Crippen LogP contribution in [0.15, 0.2) is 24.3 Å². The first-order valence-corrected chi connectivity index (χ1v) is 4.99. The molecular weight excluding hydrogens is 190 g/mol. The smallest absolute Gasteiger partial charge is 0.104 e. The van der Waals surface area contributed by atoms with Crippen molar-refractivity contribution >= 4 is 10.9 Å². The van der Waals surface area contributed by atoms with E-state index < -0.39 is 6.10 Å². The third kappa shape index (κ3) is 1.44. The minimum atomic E-state index is -0.795. The van der Waals surface area contributed by atoms with E-state index in [0.29, 0.717) is 0 Å². The standard InChI is InChI=1S/C12H15NO2/c1-8-12(11(15)7-14)9-5-3-4-6-10(9)13(8)2/h3-6,11,14-15H,7H2,1-2H3. The highest BCUT2D eigenvalue weighted by atomic mass is 16.3. The molecule has 0 aliphatic rings. The number of hydrogen-bond acceptors (Lipinski definition) is 2. The highest BCUT2D eigenvalue weighted by Crippen LogP contribution is 2.29. The summed E-state index contributed by atoms with van der Waals surface area (Å²) in [6.07, 6.45) is -0.795. The molecule has 80 valence electrons. The van der Waals surface area contributed by atoms with E-state index >= 15 is 0 Å². The maximum absolute atomic E-state index is 9.76. The van der Waals surface area contributed by atoms with Crippen LogP contribution in [0.25, 0.3) is 10.9 Å². The molecule has 0 aliphatic carbocycles. The van der Waals surface area contributed by atoms with Gasteiger partial charge >= 0.3 is 0 Å². The number of benzene rings is 1. The van der Waals surface area contributed by atoms with E-state index in [0.717, 1.165) is 22.2 Å². The van der Waals surface area contributed by atoms with E-state index in [1.54, 1.807) is 0 Å². The monoisotopic (exact) mass is 205 g/mol. The normalized spacial score (nSPS) is 13.3. The first-order chi connectivity index (χ1) is 7.16. The van der Waals surface area contributed by atoms with Gasteiger partial charge in [-0.1, -0.05) is 18.2 Å². The number of aromatic nitrogens is 1. The molecule has 1 aromatic carbocycles. The molecule has 0 saturated carbocycles. The summed E-state index contributed by atoms with van der Waals surface area (Å²) >= 11 is 0. The Bertz CT molecular complexity index is 488. The zero-order valence-corrected chi connectivity index (χ0v) is 8.94. The first kappa shape index (κ1) is 10.2. The van der Waals surface area contributed by atoms with Crippen molar-refractivity contribution in [1.29, 1.82) is 0 Å². The third-order valence-electron chi connectivity index (χ3n) is 2.95. The molecule has 2 rings (SSSR count). The van der Waals surface area contributed by atoms with Gasteiger partial charge in [0.2, 0.25) is 0 Å². The van der Waals surface area contributed by atoms with Crippen LogP contribution >= 0.6 is 0 Å². The lowest BCUT2D eigenvalue weighted by Crippen LogP contribution is -2.04. The Hall–Kier alpha value is -1.32. The molecule has 0 aliphatic heterocycles. The van der Waals surface area contributed by atoms with E-state index in [-0.39, 0.29) is 6.61 Å². The fraction of sp³-hybridized carbons (Fsp3) is 0.333. The Morgan fingerprint density at radius 1 is 1.33 bits per heavy atom. The predicted octanol–water partition coefficient (Wildman–Crippen LogP) is 1.51. The lowest BCUT2D eigenvalue weighted by molar-refractivity contribution is 0.0960. The second-order valence-corrected chi connectivity index (χ2v) is 3.77. The van der Waals surface area contributed by atoms with E-state index in [2.05, 4.69) is 0 Å². The Morgan fingerprint density at radius 3 is 2.67 bits per heavy atom. The van der Waals surface area contributed by atoms with Gasteiger partial charge in [-0.05, 0) is 13.0 Å². The van der Waals surface area contributed by atoms with E-state index in [1.165, 1.54) is 0 Å². The maximum Gasteiger partial charge on any atom is 0.104 e. The van der Waals surface area contributed by atoms with Crippen LogP contribution in [-0.2, 0) is 7.05 Å². The fourth-order valence-corrected chi connectivity index (χ4v) is 2.06. The van der Waals surface area contributed by atoms with E-state index in [1.807, 2.05) is 42.8 Å². The number of aliphatic hydroxyl groups is 2. The zero-order chi connectivity index (χ0) is 11.0. The van der Waals surface area contributed by atoms with Crippen molar-refractivity contribution in [1.82, 2.24) is 4.57 Å². The van der Waals surface area contributed by atoms with Crippen molar-refractivity contribution in [2.45, 2.75) is 13.0 Å². The number of hydrogen-bond donors (Lipinski definition) is 2. The van der Waals surface area contributed by atoms with Crippen LogP contribution in [0.5, 0.6) is 0 Å². The van der Waals surface area contributed by atoms with Gasteiger partial charge in [0.25, 0.3) is 0 Å². The molecule has 3 nitrogen and oxygen atoms in total. The quantitative estimate of drug-likeness (QED) is 0.780. The van der Waals surface area contributed by atoms with Crippen LogP contribution in [0, 0.1) is 6.92 Å². The summed E-state index contributed by atoms with van der Waals surface area (Å²) in [6, 6.07) is 7.89. The molecule has 0 saturated heterocycles. The molecule has 15 heavy (non-hydrogen) atoms. The lowest BCUT2D eigenvalue weighted by atomic mass is 10.1. The highest BCUT2D eigenvalue weighted by Gasteiger charge is 2.17. The molecule has 1 atom stereocenters. The van der Waals surface area contributed by atoms with Gasteiger partial charge < -0.3 is 14.8 Å². The second-order valence-electron chi connectivity index (χ2n) is 3.77. The van der Waals surface area contributed by atoms with Crippen molar-refractivity contribution in [3.05, 3.63) is 35.5 Å². The number of aliphatic hydroxyl groups excluding tert-OH is 2. The topological polar surface area (TPSA) is 45.4 Å². The molecule has 0 fully saturated rings. The molecule has 0 radical (unpaired) electrons. The van der Waals surface area contributed by atoms with Crippen LogP contribution in [0.1, 0.15) is 17.4 Å². The van der Waals surface area contributed by atoms with Crippen LogP contribution in [0.4, 0.5) is 0 Å². The largest absolute Gasteiger partial charge is 0.393 e. The molecule has 0 bridgehead atoms. The van der Waals surface area contributed by atoms with Crippen molar-refractivity contribution in [3.63, 3.8) is 0 Å². The molecule has 1 unspecified atom stereocenters. The highest BCUT2D eigenvalue weighted by molar-refractivity contribution is 5.85. The van der Waals surface area contributed by atoms with Gasteiger partial charge in [-0.2, -0.15) is 0 Å². The summed E-state index contributed by atoms with van der Waals surface area (Å²) in [7, 11) is 1.96. The van der Waals surface area contributed by atoms with Gasteiger partial charge in [-0.25, -0.2) is 0 Å². The molecule has 1 heterocycles. The Balaban J connectivity index is 2.77.